The molecule has 0 unspecified atom stereocenters. The van der Waals surface area contributed by atoms with Crippen molar-refractivity contribution in [3.8, 4) is 0 Å². The molecule has 2 aliphatic carbocycles. The Morgan fingerprint density at radius 2 is 2.04 bits per heavy atom. The molecule has 0 radical (unpaired) electrons. The van der Waals surface area contributed by atoms with E-state index in [0.717, 1.165) is 50.5 Å². The monoisotopic (exact) mass is 336 g/mol. The molecule has 24 heavy (non-hydrogen) atoms. The van der Waals surface area contributed by atoms with Gasteiger partial charge in [0.05, 0.1) is 18.6 Å². The minimum absolute atomic E-state index is 0.0350. The Hall–Kier alpha value is -1.13. The number of aliphatic carboxylic acids is 1. The predicted molar refractivity (Wildman–Crippen MR) is 94.5 cm³/mol. The fourth-order valence-electron chi connectivity index (χ4n) is 5.44. The summed E-state index contributed by atoms with van der Waals surface area (Å²) in [7, 11) is 0. The first kappa shape index (κ1) is 19.2. The third-order valence-electron chi connectivity index (χ3n) is 6.85. The molecule has 3 N–H and O–H groups in total. The summed E-state index contributed by atoms with van der Waals surface area (Å²) in [6.45, 7) is 8.38. The van der Waals surface area contributed by atoms with E-state index in [4.69, 9.17) is 5.11 Å². The third-order valence-corrected chi connectivity index (χ3v) is 6.85. The normalized spacial score (nSPS) is 37.2. The molecule has 0 aromatic rings. The molecule has 0 amide bonds. The molecule has 2 saturated carbocycles. The zero-order chi connectivity index (χ0) is 18.0. The van der Waals surface area contributed by atoms with Crippen molar-refractivity contribution >= 4 is 5.97 Å². The van der Waals surface area contributed by atoms with Gasteiger partial charge in [0.15, 0.2) is 0 Å². The van der Waals surface area contributed by atoms with Crippen molar-refractivity contribution in [3.05, 3.63) is 23.8 Å². The second-order valence-corrected chi connectivity index (χ2v) is 8.13. The molecule has 4 nitrogen and oxygen atoms in total. The summed E-state index contributed by atoms with van der Waals surface area (Å²) in [6, 6.07) is 0. The van der Waals surface area contributed by atoms with E-state index in [1.54, 1.807) is 6.08 Å². The van der Waals surface area contributed by atoms with E-state index >= 15 is 0 Å². The van der Waals surface area contributed by atoms with Crippen molar-refractivity contribution in [2.45, 2.75) is 58.8 Å². The highest BCUT2D eigenvalue weighted by molar-refractivity contribution is 5.75. The van der Waals surface area contributed by atoms with Gasteiger partial charge in [-0.05, 0) is 68.3 Å². The maximum absolute atomic E-state index is 12.0. The van der Waals surface area contributed by atoms with Crippen LogP contribution < -0.4 is 0 Å². The topological polar surface area (TPSA) is 77.8 Å². The number of aliphatic hydroxyl groups is 2. The van der Waals surface area contributed by atoms with E-state index in [0.29, 0.717) is 0 Å². The molecule has 4 heteroatoms. The summed E-state index contributed by atoms with van der Waals surface area (Å²) >= 11 is 0. The first-order valence-electron chi connectivity index (χ1n) is 9.10. The number of allylic oxidation sites excluding steroid dienone is 1. The smallest absolute Gasteiger partial charge is 0.309 e. The average molecular weight is 336 g/mol. The van der Waals surface area contributed by atoms with Crippen LogP contribution in [-0.2, 0) is 4.79 Å². The molecular formula is C20H32O4. The molecule has 0 saturated heterocycles. The highest BCUT2D eigenvalue weighted by atomic mass is 16.4. The molecule has 0 spiro atoms. The van der Waals surface area contributed by atoms with E-state index in [-0.39, 0.29) is 30.5 Å². The van der Waals surface area contributed by atoms with Gasteiger partial charge in [-0.2, -0.15) is 0 Å². The van der Waals surface area contributed by atoms with Crippen LogP contribution in [0.25, 0.3) is 0 Å². The molecular weight excluding hydrogens is 304 g/mol. The van der Waals surface area contributed by atoms with Gasteiger partial charge in [-0.1, -0.05) is 31.6 Å². The summed E-state index contributed by atoms with van der Waals surface area (Å²) in [5.41, 5.74) is 1.39. The van der Waals surface area contributed by atoms with E-state index in [1.807, 2.05) is 6.92 Å². The Balaban J connectivity index is 2.25. The Labute approximate surface area is 145 Å². The molecule has 0 aliphatic heterocycles. The molecule has 0 bridgehead atoms. The zero-order valence-electron chi connectivity index (χ0n) is 15.1. The second kappa shape index (κ2) is 7.40. The number of hydrogen-bond donors (Lipinski definition) is 3. The first-order valence-corrected chi connectivity index (χ1v) is 9.10. The van der Waals surface area contributed by atoms with E-state index in [2.05, 4.69) is 13.5 Å². The number of rotatable bonds is 6. The molecule has 0 aromatic carbocycles. The summed E-state index contributed by atoms with van der Waals surface area (Å²) in [4.78, 5) is 12.0. The largest absolute Gasteiger partial charge is 0.481 e. The van der Waals surface area contributed by atoms with Crippen molar-refractivity contribution in [3.63, 3.8) is 0 Å². The fourth-order valence-corrected chi connectivity index (χ4v) is 5.44. The van der Waals surface area contributed by atoms with Gasteiger partial charge < -0.3 is 15.3 Å². The number of aliphatic hydroxyl groups excluding tert-OH is 2. The Bertz CT molecular complexity index is 524. The van der Waals surface area contributed by atoms with Gasteiger partial charge in [0.1, 0.15) is 0 Å². The maximum atomic E-state index is 12.0. The standard InChI is InChI=1S/C20H32O4/c1-14-5-8-17-19(2,10-4-11-20(17,3)18(23)24)16(14)7-6-15(13-22)9-12-21/h9,16-17,21-22H,1,4-8,10-13H2,2-3H3,(H,23,24)/b15-9+/t16-,17+,19+,20-/m1/s1. The highest BCUT2D eigenvalue weighted by Gasteiger charge is 2.57. The summed E-state index contributed by atoms with van der Waals surface area (Å²) in [6.07, 6.45) is 7.82. The summed E-state index contributed by atoms with van der Waals surface area (Å²) in [5, 5.41) is 28.3. The quantitative estimate of drug-likeness (QED) is 0.648. The van der Waals surface area contributed by atoms with Crippen LogP contribution in [-0.4, -0.2) is 34.5 Å². The van der Waals surface area contributed by atoms with Crippen LogP contribution in [0.5, 0.6) is 0 Å². The van der Waals surface area contributed by atoms with E-state index in [1.165, 1.54) is 5.57 Å². The number of carboxylic acid groups (broad SMARTS) is 1. The van der Waals surface area contributed by atoms with Crippen LogP contribution in [0.2, 0.25) is 0 Å². The van der Waals surface area contributed by atoms with Gasteiger partial charge in [0, 0.05) is 0 Å². The molecule has 4 atom stereocenters. The third kappa shape index (κ3) is 3.31. The first-order chi connectivity index (χ1) is 11.3. The number of carbonyl (C=O) groups is 1. The van der Waals surface area contributed by atoms with Crippen LogP contribution in [0.4, 0.5) is 0 Å². The zero-order valence-corrected chi connectivity index (χ0v) is 15.1. The molecule has 136 valence electrons. The number of hydrogen-bond acceptors (Lipinski definition) is 3. The predicted octanol–water partition coefficient (Wildman–Crippen LogP) is 3.54. The summed E-state index contributed by atoms with van der Waals surface area (Å²) < 4.78 is 0. The lowest BCUT2D eigenvalue weighted by atomic mass is 9.46. The van der Waals surface area contributed by atoms with Crippen LogP contribution >= 0.6 is 0 Å². The molecule has 0 aromatic heterocycles. The number of fused-ring (bicyclic) bond motifs is 1. The molecule has 2 aliphatic rings. The van der Waals surface area contributed by atoms with Gasteiger partial charge in [0.2, 0.25) is 0 Å². The van der Waals surface area contributed by atoms with Crippen molar-refractivity contribution in [2.75, 3.05) is 13.2 Å². The average Bonchev–Trinajstić information content (AvgIpc) is 2.52. The van der Waals surface area contributed by atoms with Crippen LogP contribution in [0.15, 0.2) is 23.8 Å². The summed E-state index contributed by atoms with van der Waals surface area (Å²) in [5.74, 6) is -0.212. The van der Waals surface area contributed by atoms with Crippen LogP contribution in [0, 0.1) is 22.7 Å². The van der Waals surface area contributed by atoms with Gasteiger partial charge in [-0.3, -0.25) is 4.79 Å². The minimum atomic E-state index is -0.666. The van der Waals surface area contributed by atoms with Crippen LogP contribution in [0.1, 0.15) is 58.8 Å². The lowest BCUT2D eigenvalue weighted by molar-refractivity contribution is -0.164. The van der Waals surface area contributed by atoms with Gasteiger partial charge in [-0.15, -0.1) is 0 Å². The van der Waals surface area contributed by atoms with Gasteiger partial charge in [-0.25, -0.2) is 0 Å². The number of carboxylic acids is 1. The Morgan fingerprint density at radius 1 is 1.33 bits per heavy atom. The van der Waals surface area contributed by atoms with E-state index < -0.39 is 11.4 Å². The Morgan fingerprint density at radius 3 is 2.62 bits per heavy atom. The Kier molecular flexibility index (Phi) is 5.92. The maximum Gasteiger partial charge on any atom is 0.309 e. The lowest BCUT2D eigenvalue weighted by Gasteiger charge is -2.57. The lowest BCUT2D eigenvalue weighted by Crippen LogP contribution is -2.53. The second-order valence-electron chi connectivity index (χ2n) is 8.13. The van der Waals surface area contributed by atoms with Gasteiger partial charge >= 0.3 is 5.97 Å². The minimum Gasteiger partial charge on any atom is -0.481 e. The van der Waals surface area contributed by atoms with Gasteiger partial charge in [0.25, 0.3) is 0 Å². The highest BCUT2D eigenvalue weighted by Crippen LogP contribution is 2.62. The fraction of sp³-hybridized carbons (Fsp3) is 0.750. The molecule has 2 rings (SSSR count). The van der Waals surface area contributed by atoms with Crippen molar-refractivity contribution in [2.24, 2.45) is 22.7 Å². The van der Waals surface area contributed by atoms with Crippen molar-refractivity contribution < 1.29 is 20.1 Å². The van der Waals surface area contributed by atoms with Crippen molar-refractivity contribution in [1.29, 1.82) is 0 Å². The SMILES string of the molecule is C=C1CC[C@H]2[C@@](C)(CCC[C@@]2(C)C(=O)O)[C@@H]1CC/C(=C\CO)CO. The van der Waals surface area contributed by atoms with Crippen molar-refractivity contribution in [1.82, 2.24) is 0 Å². The van der Waals surface area contributed by atoms with Crippen LogP contribution in [0.3, 0.4) is 0 Å². The molecule has 0 heterocycles. The molecule has 2 fully saturated rings. The van der Waals surface area contributed by atoms with E-state index in [9.17, 15) is 15.0 Å².